The molecule has 0 amide bonds. The Balaban J connectivity index is 2.02. The van der Waals surface area contributed by atoms with Crippen molar-refractivity contribution in [3.8, 4) is 5.75 Å². The molecule has 0 aliphatic carbocycles. The summed E-state index contributed by atoms with van der Waals surface area (Å²) >= 11 is 0. The molecular weight excluding hydrogens is 240 g/mol. The van der Waals surface area contributed by atoms with Gasteiger partial charge in [0, 0.05) is 5.69 Å². The molecule has 1 heterocycles. The number of aromatic hydroxyl groups is 1. The lowest BCUT2D eigenvalue weighted by molar-refractivity contribution is 0.347. The number of phenols is 1. The highest BCUT2D eigenvalue weighted by atomic mass is 16.3. The fourth-order valence-corrected chi connectivity index (χ4v) is 1.67. The van der Waals surface area contributed by atoms with E-state index >= 15 is 0 Å². The van der Waals surface area contributed by atoms with Gasteiger partial charge >= 0.3 is 0 Å². The lowest BCUT2D eigenvalue weighted by Gasteiger charge is -2.17. The van der Waals surface area contributed by atoms with E-state index in [1.807, 2.05) is 29.9 Å². The quantitative estimate of drug-likeness (QED) is 0.833. The summed E-state index contributed by atoms with van der Waals surface area (Å²) in [6.45, 7) is 8.74. The molecule has 0 unspecified atom stereocenters. The van der Waals surface area contributed by atoms with E-state index in [4.69, 9.17) is 0 Å². The van der Waals surface area contributed by atoms with Crippen molar-refractivity contribution in [1.82, 2.24) is 15.0 Å². The maximum absolute atomic E-state index is 9.47. The van der Waals surface area contributed by atoms with Crippen LogP contribution in [0.2, 0.25) is 0 Å². The lowest BCUT2D eigenvalue weighted by Crippen LogP contribution is -2.22. The summed E-state index contributed by atoms with van der Waals surface area (Å²) in [5.74, 6) is 0.309. The summed E-state index contributed by atoms with van der Waals surface area (Å²) in [7, 11) is 0. The van der Waals surface area contributed by atoms with Crippen LogP contribution in [0.3, 0.4) is 0 Å². The standard InChI is InChI=1S/C14H20N4O/c1-10-7-11(5-6-13(10)19)15-8-12-9-18(17-16-12)14(2,3)4/h5-7,9,15,19H,8H2,1-4H3. The smallest absolute Gasteiger partial charge is 0.118 e. The summed E-state index contributed by atoms with van der Waals surface area (Å²) in [5.41, 5.74) is 2.64. The number of nitrogens with one attached hydrogen (secondary N) is 1. The molecule has 0 bridgehead atoms. The number of nitrogens with zero attached hydrogens (tertiary/aromatic N) is 3. The molecule has 5 nitrogen and oxygen atoms in total. The van der Waals surface area contributed by atoms with Crippen molar-refractivity contribution < 1.29 is 5.11 Å². The molecule has 1 aromatic carbocycles. The minimum Gasteiger partial charge on any atom is -0.508 e. The van der Waals surface area contributed by atoms with Gasteiger partial charge in [0.1, 0.15) is 11.4 Å². The molecule has 19 heavy (non-hydrogen) atoms. The first-order chi connectivity index (χ1) is 8.86. The van der Waals surface area contributed by atoms with Crippen molar-refractivity contribution in [3.05, 3.63) is 35.7 Å². The van der Waals surface area contributed by atoms with Crippen molar-refractivity contribution in [3.63, 3.8) is 0 Å². The molecule has 0 aliphatic rings. The fraction of sp³-hybridized carbons (Fsp3) is 0.429. The highest BCUT2D eigenvalue weighted by molar-refractivity contribution is 5.50. The maximum atomic E-state index is 9.47. The van der Waals surface area contributed by atoms with Gasteiger partial charge in [0.05, 0.1) is 18.3 Å². The van der Waals surface area contributed by atoms with Gasteiger partial charge < -0.3 is 10.4 Å². The first-order valence-corrected chi connectivity index (χ1v) is 6.31. The highest BCUT2D eigenvalue weighted by Gasteiger charge is 2.14. The summed E-state index contributed by atoms with van der Waals surface area (Å²) in [5, 5.41) is 21.0. The topological polar surface area (TPSA) is 63.0 Å². The van der Waals surface area contributed by atoms with Crippen LogP contribution in [-0.2, 0) is 12.1 Å². The molecule has 102 valence electrons. The second-order valence-electron chi connectivity index (χ2n) is 5.68. The molecule has 0 aliphatic heterocycles. The summed E-state index contributed by atoms with van der Waals surface area (Å²) in [6, 6.07) is 5.43. The summed E-state index contributed by atoms with van der Waals surface area (Å²) in [4.78, 5) is 0. The third-order valence-corrected chi connectivity index (χ3v) is 2.90. The number of aromatic nitrogens is 3. The third kappa shape index (κ3) is 3.24. The Labute approximate surface area is 113 Å². The Morgan fingerprint density at radius 3 is 2.63 bits per heavy atom. The molecule has 2 aromatic rings. The van der Waals surface area contributed by atoms with Crippen molar-refractivity contribution in [2.75, 3.05) is 5.32 Å². The van der Waals surface area contributed by atoms with Crippen LogP contribution < -0.4 is 5.32 Å². The number of aryl methyl sites for hydroxylation is 1. The van der Waals surface area contributed by atoms with Gasteiger partial charge in [0.25, 0.3) is 0 Å². The SMILES string of the molecule is Cc1cc(NCc2cn(C(C)(C)C)nn2)ccc1O. The molecule has 0 saturated carbocycles. The molecule has 0 fully saturated rings. The van der Waals surface area contributed by atoms with E-state index in [1.165, 1.54) is 0 Å². The number of benzene rings is 1. The van der Waals surface area contributed by atoms with E-state index in [1.54, 1.807) is 6.07 Å². The molecule has 2 rings (SSSR count). The van der Waals surface area contributed by atoms with E-state index in [0.29, 0.717) is 12.3 Å². The first kappa shape index (κ1) is 13.4. The summed E-state index contributed by atoms with van der Waals surface area (Å²) < 4.78 is 1.85. The van der Waals surface area contributed by atoms with Crippen molar-refractivity contribution in [2.45, 2.75) is 39.8 Å². The number of hydrogen-bond acceptors (Lipinski definition) is 4. The van der Waals surface area contributed by atoms with Crippen LogP contribution >= 0.6 is 0 Å². The zero-order valence-corrected chi connectivity index (χ0v) is 11.8. The van der Waals surface area contributed by atoms with Crippen LogP contribution in [-0.4, -0.2) is 20.1 Å². The normalized spacial score (nSPS) is 11.6. The van der Waals surface area contributed by atoms with E-state index < -0.39 is 0 Å². The van der Waals surface area contributed by atoms with E-state index in [9.17, 15) is 5.11 Å². The second kappa shape index (κ2) is 4.91. The largest absolute Gasteiger partial charge is 0.508 e. The number of phenolic OH excluding ortho intramolecular Hbond substituents is 1. The zero-order valence-electron chi connectivity index (χ0n) is 11.8. The van der Waals surface area contributed by atoms with E-state index in [-0.39, 0.29) is 5.54 Å². The molecule has 1 aromatic heterocycles. The van der Waals surface area contributed by atoms with Gasteiger partial charge in [-0.3, -0.25) is 0 Å². The van der Waals surface area contributed by atoms with E-state index in [0.717, 1.165) is 16.9 Å². The molecule has 2 N–H and O–H groups in total. The molecule has 0 saturated heterocycles. The molecule has 0 atom stereocenters. The highest BCUT2D eigenvalue weighted by Crippen LogP contribution is 2.20. The minimum absolute atomic E-state index is 0.0552. The Morgan fingerprint density at radius 1 is 1.32 bits per heavy atom. The maximum Gasteiger partial charge on any atom is 0.118 e. The van der Waals surface area contributed by atoms with E-state index in [2.05, 4.69) is 36.4 Å². The number of anilines is 1. The summed E-state index contributed by atoms with van der Waals surface area (Å²) in [6.07, 6.45) is 1.94. The van der Waals surface area contributed by atoms with Crippen LogP contribution in [0.25, 0.3) is 0 Å². The average molecular weight is 260 g/mol. The molecular formula is C14H20N4O. The minimum atomic E-state index is -0.0552. The predicted octanol–water partition coefficient (Wildman–Crippen LogP) is 2.66. The van der Waals surface area contributed by atoms with Gasteiger partial charge in [-0.25, -0.2) is 4.68 Å². The number of rotatable bonds is 3. The molecule has 0 radical (unpaired) electrons. The average Bonchev–Trinajstić information content (AvgIpc) is 2.79. The van der Waals surface area contributed by atoms with Crippen molar-refractivity contribution >= 4 is 5.69 Å². The van der Waals surface area contributed by atoms with Gasteiger partial charge in [-0.05, 0) is 51.5 Å². The third-order valence-electron chi connectivity index (χ3n) is 2.90. The van der Waals surface area contributed by atoms with Crippen molar-refractivity contribution in [1.29, 1.82) is 0 Å². The monoisotopic (exact) mass is 260 g/mol. The van der Waals surface area contributed by atoms with Crippen LogP contribution in [0.15, 0.2) is 24.4 Å². The molecule has 0 spiro atoms. The van der Waals surface area contributed by atoms with Gasteiger partial charge in [-0.15, -0.1) is 5.10 Å². The van der Waals surface area contributed by atoms with Gasteiger partial charge in [0.2, 0.25) is 0 Å². The Kier molecular flexibility index (Phi) is 3.46. The fourth-order valence-electron chi connectivity index (χ4n) is 1.67. The van der Waals surface area contributed by atoms with Gasteiger partial charge in [-0.1, -0.05) is 5.21 Å². The van der Waals surface area contributed by atoms with Crippen LogP contribution in [0, 0.1) is 6.92 Å². The van der Waals surface area contributed by atoms with Crippen LogP contribution in [0.5, 0.6) is 5.75 Å². The Morgan fingerprint density at radius 2 is 2.05 bits per heavy atom. The van der Waals surface area contributed by atoms with Gasteiger partial charge in [-0.2, -0.15) is 0 Å². The Bertz CT molecular complexity index is 569. The zero-order chi connectivity index (χ0) is 14.0. The first-order valence-electron chi connectivity index (χ1n) is 6.31. The predicted molar refractivity (Wildman–Crippen MR) is 75.2 cm³/mol. The number of hydrogen-bond donors (Lipinski definition) is 2. The Hall–Kier alpha value is -2.04. The van der Waals surface area contributed by atoms with Crippen LogP contribution in [0.1, 0.15) is 32.0 Å². The van der Waals surface area contributed by atoms with Crippen molar-refractivity contribution in [2.24, 2.45) is 0 Å². The molecule has 5 heteroatoms. The van der Waals surface area contributed by atoms with Gasteiger partial charge in [0.15, 0.2) is 0 Å². The van der Waals surface area contributed by atoms with Crippen LogP contribution in [0.4, 0.5) is 5.69 Å². The second-order valence-corrected chi connectivity index (χ2v) is 5.68. The lowest BCUT2D eigenvalue weighted by atomic mass is 10.1.